The van der Waals surface area contributed by atoms with E-state index in [0.29, 0.717) is 19.5 Å². The molecular weight excluding hydrogens is 246 g/mol. The lowest BCUT2D eigenvalue weighted by molar-refractivity contribution is -0.149. The van der Waals surface area contributed by atoms with Gasteiger partial charge < -0.3 is 9.64 Å². The van der Waals surface area contributed by atoms with Crippen LogP contribution in [-0.2, 0) is 19.1 Å². The van der Waals surface area contributed by atoms with E-state index in [4.69, 9.17) is 4.74 Å². The van der Waals surface area contributed by atoms with Crippen LogP contribution in [0.25, 0.3) is 0 Å². The van der Waals surface area contributed by atoms with Crippen molar-refractivity contribution in [3.8, 4) is 0 Å². The van der Waals surface area contributed by atoms with Crippen LogP contribution in [0.1, 0.15) is 41.0 Å². The Morgan fingerprint density at radius 1 is 1.00 bits per heavy atom. The van der Waals surface area contributed by atoms with Crippen LogP contribution in [0.3, 0.4) is 0 Å². The molecule has 5 nitrogen and oxygen atoms in total. The normalized spacial score (nSPS) is 10.7. The third kappa shape index (κ3) is 7.59. The number of carbonyl (C=O) groups excluding carboxylic acids is 3. The summed E-state index contributed by atoms with van der Waals surface area (Å²) in [6, 6.07) is 0. The number of hydrogen-bond acceptors (Lipinski definition) is 4. The molecule has 0 heterocycles. The van der Waals surface area contributed by atoms with E-state index >= 15 is 0 Å². The molecule has 19 heavy (non-hydrogen) atoms. The number of carbonyl (C=O) groups is 3. The molecule has 5 heteroatoms. The van der Waals surface area contributed by atoms with E-state index in [9.17, 15) is 14.4 Å². The van der Waals surface area contributed by atoms with Gasteiger partial charge in [0.05, 0.1) is 12.5 Å². The SMILES string of the molecule is CC(=O)CCN(CCOC(=O)C(C)C)C(=O)C(C)C. The zero-order valence-corrected chi connectivity index (χ0v) is 12.6. The summed E-state index contributed by atoms with van der Waals surface area (Å²) in [7, 11) is 0. The Balaban J connectivity index is 4.30. The Hall–Kier alpha value is -1.39. The van der Waals surface area contributed by atoms with Crippen LogP contribution in [0.2, 0.25) is 0 Å². The number of ether oxygens (including phenoxy) is 1. The van der Waals surface area contributed by atoms with Crippen LogP contribution in [0.15, 0.2) is 0 Å². The Kier molecular flexibility index (Phi) is 8.03. The predicted octanol–water partition coefficient (Wildman–Crippen LogP) is 1.65. The summed E-state index contributed by atoms with van der Waals surface area (Å²) in [6.07, 6.45) is 0.330. The minimum Gasteiger partial charge on any atom is -0.464 e. The quantitative estimate of drug-likeness (QED) is 0.630. The van der Waals surface area contributed by atoms with Gasteiger partial charge in [-0.1, -0.05) is 27.7 Å². The van der Waals surface area contributed by atoms with Crippen molar-refractivity contribution in [1.29, 1.82) is 0 Å². The largest absolute Gasteiger partial charge is 0.464 e. The summed E-state index contributed by atoms with van der Waals surface area (Å²) in [5, 5.41) is 0. The number of hydrogen-bond donors (Lipinski definition) is 0. The van der Waals surface area contributed by atoms with Gasteiger partial charge in [0.15, 0.2) is 0 Å². The van der Waals surface area contributed by atoms with Crippen LogP contribution in [0.5, 0.6) is 0 Å². The lowest BCUT2D eigenvalue weighted by atomic mass is 10.1. The number of esters is 1. The molecule has 0 aromatic rings. The van der Waals surface area contributed by atoms with Crippen LogP contribution >= 0.6 is 0 Å². The first kappa shape index (κ1) is 17.6. The van der Waals surface area contributed by atoms with Crippen molar-refractivity contribution >= 4 is 17.7 Å². The minimum absolute atomic E-state index is 0.0261. The minimum atomic E-state index is -0.275. The maximum absolute atomic E-state index is 11.9. The molecule has 0 N–H and O–H groups in total. The van der Waals surface area contributed by atoms with Crippen molar-refractivity contribution in [3.05, 3.63) is 0 Å². The molecule has 0 atom stereocenters. The van der Waals surface area contributed by atoms with Gasteiger partial charge in [-0.2, -0.15) is 0 Å². The highest BCUT2D eigenvalue weighted by Crippen LogP contribution is 2.04. The first-order valence-corrected chi connectivity index (χ1v) is 6.70. The lowest BCUT2D eigenvalue weighted by Crippen LogP contribution is -2.38. The van der Waals surface area contributed by atoms with Gasteiger partial charge in [-0.15, -0.1) is 0 Å². The molecule has 0 rings (SSSR count). The molecule has 1 amide bonds. The Morgan fingerprint density at radius 3 is 2.00 bits per heavy atom. The van der Waals surface area contributed by atoms with Gasteiger partial charge >= 0.3 is 5.97 Å². The van der Waals surface area contributed by atoms with Crippen LogP contribution in [-0.4, -0.2) is 42.3 Å². The van der Waals surface area contributed by atoms with Gasteiger partial charge in [-0.05, 0) is 6.92 Å². The standard InChI is InChI=1S/C14H25NO4/c1-10(2)13(17)15(7-6-12(5)16)8-9-19-14(18)11(3)4/h10-11H,6-9H2,1-5H3. The van der Waals surface area contributed by atoms with E-state index in [1.165, 1.54) is 6.92 Å². The van der Waals surface area contributed by atoms with E-state index in [1.54, 1.807) is 18.7 Å². The highest BCUT2D eigenvalue weighted by atomic mass is 16.5. The fraction of sp³-hybridized carbons (Fsp3) is 0.786. The van der Waals surface area contributed by atoms with Crippen LogP contribution in [0.4, 0.5) is 0 Å². The predicted molar refractivity (Wildman–Crippen MR) is 72.5 cm³/mol. The average molecular weight is 271 g/mol. The monoisotopic (exact) mass is 271 g/mol. The van der Waals surface area contributed by atoms with Gasteiger partial charge in [0, 0.05) is 18.9 Å². The second kappa shape index (κ2) is 8.67. The van der Waals surface area contributed by atoms with Gasteiger partial charge in [0.2, 0.25) is 5.91 Å². The molecule has 0 bridgehead atoms. The van der Waals surface area contributed by atoms with Gasteiger partial charge in [-0.3, -0.25) is 14.4 Å². The van der Waals surface area contributed by atoms with E-state index in [2.05, 4.69) is 0 Å². The molecule has 0 aromatic heterocycles. The maximum atomic E-state index is 11.9. The molecule has 0 fully saturated rings. The Labute approximate surface area is 115 Å². The summed E-state index contributed by atoms with van der Waals surface area (Å²) in [6.45, 7) is 9.52. The third-order valence-corrected chi connectivity index (χ3v) is 2.62. The smallest absolute Gasteiger partial charge is 0.308 e. The highest BCUT2D eigenvalue weighted by Gasteiger charge is 2.18. The van der Waals surface area contributed by atoms with E-state index in [0.717, 1.165) is 0 Å². The summed E-state index contributed by atoms with van der Waals surface area (Å²) in [4.78, 5) is 35.8. The molecular formula is C14H25NO4. The van der Waals surface area contributed by atoms with Crippen molar-refractivity contribution < 1.29 is 19.1 Å². The number of Topliss-reactive ketones (excluding diaryl/α,β-unsaturated/α-hetero) is 1. The molecule has 0 aliphatic rings. The van der Waals surface area contributed by atoms with Crippen molar-refractivity contribution in [3.63, 3.8) is 0 Å². The number of ketones is 1. The van der Waals surface area contributed by atoms with Crippen molar-refractivity contribution in [2.24, 2.45) is 11.8 Å². The summed E-state index contributed by atoms with van der Waals surface area (Å²) < 4.78 is 5.05. The molecule has 0 radical (unpaired) electrons. The Morgan fingerprint density at radius 2 is 1.58 bits per heavy atom. The van der Waals surface area contributed by atoms with Crippen molar-refractivity contribution in [2.75, 3.05) is 19.7 Å². The fourth-order valence-corrected chi connectivity index (χ4v) is 1.41. The molecule has 0 aliphatic carbocycles. The van der Waals surface area contributed by atoms with Crippen LogP contribution in [0, 0.1) is 11.8 Å². The highest BCUT2D eigenvalue weighted by molar-refractivity contribution is 5.80. The second-order valence-corrected chi connectivity index (χ2v) is 5.25. The average Bonchev–Trinajstić information content (AvgIpc) is 2.31. The molecule has 0 aromatic carbocycles. The zero-order chi connectivity index (χ0) is 15.0. The summed E-state index contributed by atoms with van der Waals surface area (Å²) in [5.41, 5.74) is 0. The molecule has 110 valence electrons. The van der Waals surface area contributed by atoms with Crippen molar-refractivity contribution in [1.82, 2.24) is 4.90 Å². The number of nitrogens with zero attached hydrogens (tertiary/aromatic N) is 1. The van der Waals surface area contributed by atoms with E-state index in [-0.39, 0.29) is 36.1 Å². The topological polar surface area (TPSA) is 63.7 Å². The summed E-state index contributed by atoms with van der Waals surface area (Å²) >= 11 is 0. The lowest BCUT2D eigenvalue weighted by Gasteiger charge is -2.24. The van der Waals surface area contributed by atoms with E-state index < -0.39 is 0 Å². The van der Waals surface area contributed by atoms with Gasteiger partial charge in [-0.25, -0.2) is 0 Å². The number of amides is 1. The van der Waals surface area contributed by atoms with Gasteiger partial charge in [0.1, 0.15) is 12.4 Å². The first-order valence-electron chi connectivity index (χ1n) is 6.70. The molecule has 0 spiro atoms. The number of rotatable bonds is 8. The van der Waals surface area contributed by atoms with Crippen LogP contribution < -0.4 is 0 Å². The first-order chi connectivity index (χ1) is 8.75. The Bertz CT molecular complexity index is 323. The zero-order valence-electron chi connectivity index (χ0n) is 12.6. The van der Waals surface area contributed by atoms with Gasteiger partial charge in [0.25, 0.3) is 0 Å². The maximum Gasteiger partial charge on any atom is 0.308 e. The third-order valence-electron chi connectivity index (χ3n) is 2.62. The molecule has 0 saturated heterocycles. The molecule has 0 aliphatic heterocycles. The van der Waals surface area contributed by atoms with Crippen molar-refractivity contribution in [2.45, 2.75) is 41.0 Å². The second-order valence-electron chi connectivity index (χ2n) is 5.25. The molecule has 0 unspecified atom stereocenters. The fourth-order valence-electron chi connectivity index (χ4n) is 1.41. The summed E-state index contributed by atoms with van der Waals surface area (Å²) in [5.74, 6) is -0.565. The van der Waals surface area contributed by atoms with E-state index in [1.807, 2.05) is 13.8 Å². The molecule has 0 saturated carbocycles.